The second kappa shape index (κ2) is 15.3. The summed E-state index contributed by atoms with van der Waals surface area (Å²) >= 11 is 5.73. The molecule has 0 radical (unpaired) electrons. The quantitative estimate of drug-likeness (QED) is 0.138. The fraction of sp³-hybridized carbons (Fsp3) is 0. The minimum Gasteiger partial charge on any atom is -0.351 e. The molecule has 8 nitrogen and oxygen atoms in total. The maximum atomic E-state index is 9.54. The Bertz CT molecular complexity index is 3090. The molecule has 0 amide bonds. The van der Waals surface area contributed by atoms with Crippen LogP contribution in [0.5, 0.6) is 0 Å². The highest BCUT2D eigenvalue weighted by molar-refractivity contribution is 7.17. The SMILES string of the molecule is N#CC(C#N)=c1cc/c(=C/c2ccc(-c3c4[nH]c(-c5ccccc5)c(-c5ccccc5)[nH]c-4c(-c4ccc(/C=c5/ccc(=C(C#N)C#N)s5)s4)c(=N)c3=N)s2)s1. The van der Waals surface area contributed by atoms with Crippen LogP contribution in [0.2, 0.25) is 0 Å². The zero-order chi connectivity index (χ0) is 38.8. The molecule has 8 rings (SSSR count). The zero-order valence-electron chi connectivity index (χ0n) is 29.0. The fourth-order valence-electron chi connectivity index (χ4n) is 6.32. The number of nitriles is 4. The van der Waals surface area contributed by atoms with Crippen LogP contribution in [0.1, 0.15) is 9.75 Å². The van der Waals surface area contributed by atoms with Gasteiger partial charge in [-0.3, -0.25) is 10.8 Å². The van der Waals surface area contributed by atoms with E-state index >= 15 is 0 Å². The van der Waals surface area contributed by atoms with Gasteiger partial charge in [0.25, 0.3) is 0 Å². The summed E-state index contributed by atoms with van der Waals surface area (Å²) in [7, 11) is 0. The Balaban J connectivity index is 1.37. The first kappa shape index (κ1) is 35.8. The summed E-state index contributed by atoms with van der Waals surface area (Å²) in [6.45, 7) is 0. The number of thiophene rings is 4. The van der Waals surface area contributed by atoms with Gasteiger partial charge in [0.1, 0.15) is 35.4 Å². The smallest absolute Gasteiger partial charge is 0.146 e. The van der Waals surface area contributed by atoms with Crippen LogP contribution in [0.15, 0.2) is 109 Å². The van der Waals surface area contributed by atoms with Gasteiger partial charge in [0.15, 0.2) is 0 Å². The van der Waals surface area contributed by atoms with Crippen LogP contribution in [-0.2, 0) is 0 Å². The molecule has 12 heteroatoms. The number of hydrogen-bond acceptors (Lipinski definition) is 10. The standard InChI is InChI=1S/C44H24N8S4/c45-21-27(22-46)33-15-11-29(53-33)19-31-13-17-35(55-31)37-39(49)40(50)38(36-18-14-32(56-36)20-30-12-16-34(54-30)28(23-47)24-48)44-43(37)51-41(25-7-3-1-4-8-25)42(52-44)26-9-5-2-6-10-26/h1-20,49-52H/b29-19-,30-20-,49-39?,50-40?. The fourth-order valence-corrected chi connectivity index (χ4v) is 10.3. The van der Waals surface area contributed by atoms with Crippen molar-refractivity contribution in [2.75, 3.05) is 0 Å². The summed E-state index contributed by atoms with van der Waals surface area (Å²) < 4.78 is 3.00. The van der Waals surface area contributed by atoms with Crippen LogP contribution in [0.25, 0.3) is 78.1 Å². The van der Waals surface area contributed by atoms with Crippen molar-refractivity contribution < 1.29 is 0 Å². The number of nitrogens with zero attached hydrogens (tertiary/aromatic N) is 4. The van der Waals surface area contributed by atoms with Crippen molar-refractivity contribution in [3.63, 3.8) is 0 Å². The molecule has 2 aromatic carbocycles. The van der Waals surface area contributed by atoms with Gasteiger partial charge in [0.2, 0.25) is 0 Å². The number of H-pyrrole nitrogens is 2. The van der Waals surface area contributed by atoms with Gasteiger partial charge in [-0.1, -0.05) is 60.7 Å². The van der Waals surface area contributed by atoms with Crippen LogP contribution in [0.3, 0.4) is 0 Å². The summed E-state index contributed by atoms with van der Waals surface area (Å²) in [5.74, 6) is 0. The molecule has 4 aromatic heterocycles. The molecule has 0 saturated heterocycles. The van der Waals surface area contributed by atoms with Crippen molar-refractivity contribution in [2.24, 2.45) is 0 Å². The van der Waals surface area contributed by atoms with Gasteiger partial charge >= 0.3 is 0 Å². The molecule has 1 aliphatic carbocycles. The van der Waals surface area contributed by atoms with Gasteiger partial charge in [-0.05, 0) is 60.7 Å². The third-order valence-corrected chi connectivity index (χ3v) is 13.1. The number of aromatic nitrogens is 2. The van der Waals surface area contributed by atoms with Gasteiger partial charge in [-0.25, -0.2) is 0 Å². The molecule has 1 aliphatic heterocycles. The highest BCUT2D eigenvalue weighted by atomic mass is 32.1. The third-order valence-electron chi connectivity index (χ3n) is 8.88. The van der Waals surface area contributed by atoms with E-state index in [4.69, 9.17) is 0 Å². The predicted octanol–water partition coefficient (Wildman–Crippen LogP) is 7.37. The Morgan fingerprint density at radius 2 is 0.857 bits per heavy atom. The molecule has 264 valence electrons. The highest BCUT2D eigenvalue weighted by Crippen LogP contribution is 2.42. The normalized spacial score (nSPS) is 11.5. The average molecular weight is 793 g/mol. The Morgan fingerprint density at radius 3 is 1.23 bits per heavy atom. The molecular weight excluding hydrogens is 769 g/mol. The van der Waals surface area contributed by atoms with Crippen molar-refractivity contribution in [2.45, 2.75) is 0 Å². The van der Waals surface area contributed by atoms with E-state index in [-0.39, 0.29) is 21.9 Å². The van der Waals surface area contributed by atoms with E-state index in [0.717, 1.165) is 51.1 Å². The van der Waals surface area contributed by atoms with Crippen molar-refractivity contribution in [3.8, 4) is 79.1 Å². The molecular formula is C44H24N8S4. The van der Waals surface area contributed by atoms with Crippen molar-refractivity contribution in [1.82, 2.24) is 9.97 Å². The number of benzene rings is 3. The monoisotopic (exact) mass is 792 g/mol. The molecule has 4 N–H and O–H groups in total. The van der Waals surface area contributed by atoms with Crippen molar-refractivity contribution >= 4 is 68.6 Å². The van der Waals surface area contributed by atoms with E-state index in [1.165, 1.54) is 45.3 Å². The topological polar surface area (TPSA) is 174 Å². The predicted molar refractivity (Wildman–Crippen MR) is 225 cm³/mol. The summed E-state index contributed by atoms with van der Waals surface area (Å²) in [6, 6.07) is 43.1. The first-order chi connectivity index (χ1) is 27.4. The molecule has 6 aromatic rings. The van der Waals surface area contributed by atoms with Crippen LogP contribution < -0.4 is 28.8 Å². The number of rotatable bonds is 6. The average Bonchev–Trinajstić information content (AvgIpc) is 4.07. The first-order valence-electron chi connectivity index (χ1n) is 16.9. The minimum absolute atomic E-state index is 0.0747. The van der Waals surface area contributed by atoms with Gasteiger partial charge in [-0.2, -0.15) is 21.0 Å². The first-order valence-corrected chi connectivity index (χ1v) is 20.2. The van der Waals surface area contributed by atoms with Crippen LogP contribution in [-0.4, -0.2) is 9.97 Å². The molecule has 0 atom stereocenters. The number of nitrogens with one attached hydrogen (secondary N) is 4. The van der Waals surface area contributed by atoms with Crippen molar-refractivity contribution in [3.05, 3.63) is 148 Å². The maximum Gasteiger partial charge on any atom is 0.146 e. The largest absolute Gasteiger partial charge is 0.351 e. The second-order valence-electron chi connectivity index (χ2n) is 12.3. The van der Waals surface area contributed by atoms with Gasteiger partial charge < -0.3 is 9.97 Å². The second-order valence-corrected chi connectivity index (χ2v) is 16.7. The Kier molecular flexibility index (Phi) is 9.79. The van der Waals surface area contributed by atoms with Crippen LogP contribution in [0.4, 0.5) is 0 Å². The van der Waals surface area contributed by atoms with Crippen LogP contribution >= 0.6 is 45.3 Å². The Hall–Kier alpha value is -7.16. The lowest BCUT2D eigenvalue weighted by Crippen LogP contribution is -2.30. The van der Waals surface area contributed by atoms with Gasteiger partial charge in [0, 0.05) is 50.8 Å². The lowest BCUT2D eigenvalue weighted by molar-refractivity contribution is 1.11. The van der Waals surface area contributed by atoms with E-state index in [9.17, 15) is 31.9 Å². The summed E-state index contributed by atoms with van der Waals surface area (Å²) in [4.78, 5) is 11.0. The lowest BCUT2D eigenvalue weighted by atomic mass is 9.95. The number of hydrogen-bond donors (Lipinski definition) is 4. The molecule has 0 fully saturated rings. The summed E-state index contributed by atoms with van der Waals surface area (Å²) in [5, 5.41) is 56.6. The zero-order valence-corrected chi connectivity index (χ0v) is 32.2. The number of aromatic amines is 2. The van der Waals surface area contributed by atoms with Crippen LogP contribution in [0, 0.1) is 56.1 Å². The van der Waals surface area contributed by atoms with Gasteiger partial charge in [0.05, 0.1) is 42.6 Å². The minimum atomic E-state index is 0.0747. The van der Waals surface area contributed by atoms with E-state index in [1.54, 1.807) is 12.1 Å². The molecule has 56 heavy (non-hydrogen) atoms. The molecule has 0 spiro atoms. The van der Waals surface area contributed by atoms with E-state index in [1.807, 2.05) is 133 Å². The van der Waals surface area contributed by atoms with E-state index in [0.29, 0.717) is 31.6 Å². The Morgan fingerprint density at radius 1 is 0.464 bits per heavy atom. The summed E-state index contributed by atoms with van der Waals surface area (Å²) in [5.41, 5.74) is 6.30. The maximum absolute atomic E-state index is 9.54. The third kappa shape index (κ3) is 6.74. The number of fused-ring (bicyclic) bond motifs is 1. The molecule has 0 unspecified atom stereocenters. The van der Waals surface area contributed by atoms with E-state index < -0.39 is 0 Å². The van der Waals surface area contributed by atoms with Gasteiger partial charge in [-0.15, -0.1) is 45.3 Å². The molecule has 0 saturated carbocycles. The van der Waals surface area contributed by atoms with Crippen molar-refractivity contribution in [1.29, 1.82) is 31.9 Å². The highest BCUT2D eigenvalue weighted by Gasteiger charge is 2.25. The lowest BCUT2D eigenvalue weighted by Gasteiger charge is -2.21. The molecule has 0 bridgehead atoms. The molecule has 5 heterocycles. The summed E-state index contributed by atoms with van der Waals surface area (Å²) in [6.07, 6.45) is 3.99. The molecule has 2 aliphatic rings. The van der Waals surface area contributed by atoms with E-state index in [2.05, 4.69) is 9.97 Å². The Labute approximate surface area is 335 Å².